The molecule has 5 nitrogen and oxygen atoms in total. The van der Waals surface area contributed by atoms with E-state index in [0.717, 1.165) is 17.9 Å². The number of likely N-dealkylation sites (N-methyl/N-ethyl adjacent to an activating group) is 1. The molecule has 0 radical (unpaired) electrons. The summed E-state index contributed by atoms with van der Waals surface area (Å²) in [5, 5.41) is 3.20. The number of nitrogens with one attached hydrogen (secondary N) is 1. The maximum absolute atomic E-state index is 12.6. The SMILES string of the molecule is CCN(C(=O)C1CNCCO1)C(C)c1cccc(OC)c1. The molecule has 1 amide bonds. The van der Waals surface area contributed by atoms with Crippen molar-refractivity contribution in [2.24, 2.45) is 0 Å². The number of amides is 1. The monoisotopic (exact) mass is 292 g/mol. The second-order valence-electron chi connectivity index (χ2n) is 5.14. The maximum atomic E-state index is 12.6. The van der Waals surface area contributed by atoms with Crippen LogP contribution in [0.15, 0.2) is 24.3 Å². The number of carbonyl (C=O) groups is 1. The van der Waals surface area contributed by atoms with E-state index < -0.39 is 0 Å². The Kier molecular flexibility index (Phi) is 5.59. The molecule has 1 aliphatic rings. The summed E-state index contributed by atoms with van der Waals surface area (Å²) >= 11 is 0. The van der Waals surface area contributed by atoms with E-state index in [4.69, 9.17) is 9.47 Å². The van der Waals surface area contributed by atoms with Crippen LogP contribution in [0.2, 0.25) is 0 Å². The fourth-order valence-electron chi connectivity index (χ4n) is 2.61. The summed E-state index contributed by atoms with van der Waals surface area (Å²) in [6, 6.07) is 7.83. The zero-order valence-electron chi connectivity index (χ0n) is 13.0. The van der Waals surface area contributed by atoms with Crippen LogP contribution in [0.4, 0.5) is 0 Å². The van der Waals surface area contributed by atoms with Gasteiger partial charge in [0.05, 0.1) is 19.8 Å². The van der Waals surface area contributed by atoms with Gasteiger partial charge in [-0.05, 0) is 31.5 Å². The van der Waals surface area contributed by atoms with Crippen molar-refractivity contribution in [3.05, 3.63) is 29.8 Å². The molecule has 0 spiro atoms. The van der Waals surface area contributed by atoms with E-state index in [-0.39, 0.29) is 18.1 Å². The lowest BCUT2D eigenvalue weighted by atomic mass is 10.1. The molecule has 2 rings (SSSR count). The van der Waals surface area contributed by atoms with Crippen LogP contribution in [0, 0.1) is 0 Å². The van der Waals surface area contributed by atoms with Crippen LogP contribution < -0.4 is 10.1 Å². The standard InChI is InChI=1S/C16H24N2O3/c1-4-18(16(19)15-11-17-8-9-21-15)12(2)13-6-5-7-14(10-13)20-3/h5-7,10,12,15,17H,4,8-9,11H2,1-3H3. The van der Waals surface area contributed by atoms with Gasteiger partial charge in [0, 0.05) is 19.6 Å². The highest BCUT2D eigenvalue weighted by molar-refractivity contribution is 5.81. The van der Waals surface area contributed by atoms with E-state index in [1.807, 2.05) is 43.0 Å². The molecular weight excluding hydrogens is 268 g/mol. The smallest absolute Gasteiger partial charge is 0.253 e. The third-order valence-electron chi connectivity index (χ3n) is 3.87. The summed E-state index contributed by atoms with van der Waals surface area (Å²) in [7, 11) is 1.65. The van der Waals surface area contributed by atoms with Gasteiger partial charge in [-0.3, -0.25) is 4.79 Å². The lowest BCUT2D eigenvalue weighted by Gasteiger charge is -2.33. The minimum absolute atomic E-state index is 0.0110. The molecule has 116 valence electrons. The highest BCUT2D eigenvalue weighted by atomic mass is 16.5. The van der Waals surface area contributed by atoms with Gasteiger partial charge in [0.2, 0.25) is 0 Å². The molecule has 2 unspecified atom stereocenters. The van der Waals surface area contributed by atoms with E-state index in [1.165, 1.54) is 0 Å². The van der Waals surface area contributed by atoms with E-state index in [1.54, 1.807) is 7.11 Å². The number of morpholine rings is 1. The first-order valence-corrected chi connectivity index (χ1v) is 7.44. The minimum atomic E-state index is -0.383. The van der Waals surface area contributed by atoms with E-state index in [0.29, 0.717) is 19.7 Å². The molecule has 1 fully saturated rings. The molecule has 5 heteroatoms. The molecule has 21 heavy (non-hydrogen) atoms. The Bertz CT molecular complexity index is 472. The maximum Gasteiger partial charge on any atom is 0.253 e. The Morgan fingerprint density at radius 3 is 3.00 bits per heavy atom. The van der Waals surface area contributed by atoms with Crippen LogP contribution in [-0.2, 0) is 9.53 Å². The summed E-state index contributed by atoms with van der Waals surface area (Å²) in [4.78, 5) is 14.5. The van der Waals surface area contributed by atoms with E-state index in [9.17, 15) is 4.79 Å². The summed E-state index contributed by atoms with van der Waals surface area (Å²) in [6.45, 7) is 6.65. The van der Waals surface area contributed by atoms with Crippen molar-refractivity contribution < 1.29 is 14.3 Å². The first-order valence-electron chi connectivity index (χ1n) is 7.44. The van der Waals surface area contributed by atoms with Crippen LogP contribution in [0.5, 0.6) is 5.75 Å². The molecule has 1 heterocycles. The van der Waals surface area contributed by atoms with Gasteiger partial charge in [0.15, 0.2) is 0 Å². The largest absolute Gasteiger partial charge is 0.497 e. The predicted octanol–water partition coefficient (Wildman–Crippen LogP) is 1.59. The first-order chi connectivity index (χ1) is 10.2. The number of carbonyl (C=O) groups excluding carboxylic acids is 1. The number of methoxy groups -OCH3 is 1. The zero-order chi connectivity index (χ0) is 15.2. The topological polar surface area (TPSA) is 50.8 Å². The minimum Gasteiger partial charge on any atom is -0.497 e. The quantitative estimate of drug-likeness (QED) is 0.895. The molecule has 1 N–H and O–H groups in total. The second kappa shape index (κ2) is 7.43. The average molecular weight is 292 g/mol. The third kappa shape index (κ3) is 3.74. The third-order valence-corrected chi connectivity index (χ3v) is 3.87. The van der Waals surface area contributed by atoms with Crippen LogP contribution in [0.25, 0.3) is 0 Å². The Labute approximate surface area is 126 Å². The lowest BCUT2D eigenvalue weighted by Crippen LogP contribution is -2.49. The average Bonchev–Trinajstić information content (AvgIpc) is 2.56. The summed E-state index contributed by atoms with van der Waals surface area (Å²) in [5.74, 6) is 0.846. The van der Waals surface area contributed by atoms with Crippen molar-refractivity contribution in [1.82, 2.24) is 10.2 Å². The fraction of sp³-hybridized carbons (Fsp3) is 0.562. The van der Waals surface area contributed by atoms with Crippen LogP contribution in [-0.4, -0.2) is 50.3 Å². The molecular formula is C16H24N2O3. The Hall–Kier alpha value is -1.59. The number of rotatable bonds is 5. The van der Waals surface area contributed by atoms with Crippen molar-refractivity contribution in [1.29, 1.82) is 0 Å². The molecule has 0 bridgehead atoms. The predicted molar refractivity (Wildman–Crippen MR) is 81.4 cm³/mol. The number of hydrogen-bond acceptors (Lipinski definition) is 4. The Morgan fingerprint density at radius 2 is 2.38 bits per heavy atom. The van der Waals surface area contributed by atoms with Gasteiger partial charge in [-0.25, -0.2) is 0 Å². The Morgan fingerprint density at radius 1 is 1.57 bits per heavy atom. The molecule has 1 saturated heterocycles. The van der Waals surface area contributed by atoms with Crippen molar-refractivity contribution in [2.45, 2.75) is 26.0 Å². The highest BCUT2D eigenvalue weighted by Gasteiger charge is 2.29. The van der Waals surface area contributed by atoms with E-state index >= 15 is 0 Å². The summed E-state index contributed by atoms with van der Waals surface area (Å²) in [6.07, 6.45) is -0.383. The molecule has 0 saturated carbocycles. The van der Waals surface area contributed by atoms with Gasteiger partial charge in [0.25, 0.3) is 5.91 Å². The van der Waals surface area contributed by atoms with Gasteiger partial charge in [0.1, 0.15) is 11.9 Å². The molecule has 1 aromatic carbocycles. The van der Waals surface area contributed by atoms with Gasteiger partial charge in [-0.15, -0.1) is 0 Å². The van der Waals surface area contributed by atoms with Crippen molar-refractivity contribution in [3.63, 3.8) is 0 Å². The number of benzene rings is 1. The van der Waals surface area contributed by atoms with Crippen LogP contribution >= 0.6 is 0 Å². The Balaban J connectivity index is 2.13. The number of hydrogen-bond donors (Lipinski definition) is 1. The van der Waals surface area contributed by atoms with Crippen LogP contribution in [0.1, 0.15) is 25.5 Å². The van der Waals surface area contributed by atoms with Gasteiger partial charge < -0.3 is 19.7 Å². The molecule has 1 aromatic rings. The van der Waals surface area contributed by atoms with Gasteiger partial charge >= 0.3 is 0 Å². The molecule has 1 aliphatic heterocycles. The molecule has 2 atom stereocenters. The fourth-order valence-corrected chi connectivity index (χ4v) is 2.61. The van der Waals surface area contributed by atoms with Gasteiger partial charge in [-0.1, -0.05) is 12.1 Å². The number of ether oxygens (including phenoxy) is 2. The van der Waals surface area contributed by atoms with Crippen molar-refractivity contribution >= 4 is 5.91 Å². The van der Waals surface area contributed by atoms with Crippen molar-refractivity contribution in [2.75, 3.05) is 33.4 Å². The summed E-state index contributed by atoms with van der Waals surface area (Å²) < 4.78 is 10.8. The highest BCUT2D eigenvalue weighted by Crippen LogP contribution is 2.24. The molecule has 0 aliphatic carbocycles. The van der Waals surface area contributed by atoms with E-state index in [2.05, 4.69) is 5.32 Å². The lowest BCUT2D eigenvalue weighted by molar-refractivity contribution is -0.147. The first kappa shape index (κ1) is 15.8. The van der Waals surface area contributed by atoms with Crippen LogP contribution in [0.3, 0.4) is 0 Å². The summed E-state index contributed by atoms with van der Waals surface area (Å²) in [5.41, 5.74) is 1.06. The van der Waals surface area contributed by atoms with Crippen molar-refractivity contribution in [3.8, 4) is 5.75 Å². The number of nitrogens with zero attached hydrogens (tertiary/aromatic N) is 1. The zero-order valence-corrected chi connectivity index (χ0v) is 13.0. The normalized spacial score (nSPS) is 19.9. The van der Waals surface area contributed by atoms with Gasteiger partial charge in [-0.2, -0.15) is 0 Å². The second-order valence-corrected chi connectivity index (χ2v) is 5.14. The molecule has 0 aromatic heterocycles.